The second-order valence-corrected chi connectivity index (χ2v) is 3.61. The second-order valence-electron chi connectivity index (χ2n) is 3.22. The Kier molecular flexibility index (Phi) is 2.92. The first-order valence-corrected chi connectivity index (χ1v) is 5.22. The molecule has 0 saturated carbocycles. The van der Waals surface area contributed by atoms with Crippen molar-refractivity contribution in [3.63, 3.8) is 0 Å². The maximum absolute atomic E-state index is 5.71. The highest BCUT2D eigenvalue weighted by Gasteiger charge is 2.01. The minimum Gasteiger partial charge on any atom is -0.363 e. The van der Waals surface area contributed by atoms with Crippen LogP contribution in [0.5, 0.6) is 0 Å². The summed E-state index contributed by atoms with van der Waals surface area (Å²) in [7, 11) is 0. The van der Waals surface area contributed by atoms with Crippen LogP contribution in [0.2, 0.25) is 5.15 Å². The Balaban J connectivity index is 2.18. The van der Waals surface area contributed by atoms with Gasteiger partial charge in [0.2, 0.25) is 0 Å². The molecule has 0 unspecified atom stereocenters. The van der Waals surface area contributed by atoms with E-state index in [1.807, 2.05) is 18.3 Å². The van der Waals surface area contributed by atoms with Crippen LogP contribution < -0.4 is 5.32 Å². The lowest BCUT2D eigenvalue weighted by Gasteiger charge is -2.05. The molecule has 0 aliphatic rings. The zero-order valence-electron chi connectivity index (χ0n) is 8.42. The van der Waals surface area contributed by atoms with Crippen molar-refractivity contribution in [2.75, 3.05) is 5.32 Å². The molecule has 15 heavy (non-hydrogen) atoms. The third kappa shape index (κ3) is 2.30. The number of anilines is 2. The van der Waals surface area contributed by atoms with Crippen molar-refractivity contribution in [3.8, 4) is 0 Å². The summed E-state index contributed by atoms with van der Waals surface area (Å²) < 4.78 is 0. The van der Waals surface area contributed by atoms with E-state index in [1.165, 1.54) is 5.69 Å². The van der Waals surface area contributed by atoms with Crippen LogP contribution >= 0.6 is 11.6 Å². The third-order valence-electron chi connectivity index (χ3n) is 2.19. The fourth-order valence-corrected chi connectivity index (χ4v) is 1.53. The molecule has 4 heteroatoms. The number of rotatable bonds is 3. The number of H-pyrrole nitrogens is 1. The summed E-state index contributed by atoms with van der Waals surface area (Å²) in [5.41, 5.74) is 3.21. The van der Waals surface area contributed by atoms with E-state index in [0.29, 0.717) is 5.15 Å². The Morgan fingerprint density at radius 2 is 2.27 bits per heavy atom. The number of aromatic nitrogens is 2. The Morgan fingerprint density at radius 3 is 2.93 bits per heavy atom. The molecule has 2 heterocycles. The lowest BCUT2D eigenvalue weighted by Crippen LogP contribution is -1.93. The van der Waals surface area contributed by atoms with Crippen molar-refractivity contribution >= 4 is 23.0 Å². The molecule has 2 aromatic heterocycles. The summed E-state index contributed by atoms with van der Waals surface area (Å²) in [5.74, 6) is 0. The van der Waals surface area contributed by atoms with Gasteiger partial charge < -0.3 is 10.3 Å². The summed E-state index contributed by atoms with van der Waals surface area (Å²) in [6.07, 6.45) is 4.61. The first-order valence-electron chi connectivity index (χ1n) is 4.84. The minimum absolute atomic E-state index is 0.505. The lowest BCUT2D eigenvalue weighted by molar-refractivity contribution is 1.06. The van der Waals surface area contributed by atoms with Crippen molar-refractivity contribution in [2.24, 2.45) is 0 Å². The van der Waals surface area contributed by atoms with Crippen LogP contribution in [0.25, 0.3) is 0 Å². The first-order chi connectivity index (χ1) is 7.29. The summed E-state index contributed by atoms with van der Waals surface area (Å²) in [4.78, 5) is 7.19. The van der Waals surface area contributed by atoms with Gasteiger partial charge in [-0.25, -0.2) is 4.98 Å². The molecule has 0 aromatic carbocycles. The van der Waals surface area contributed by atoms with Crippen LogP contribution in [0.4, 0.5) is 11.4 Å². The van der Waals surface area contributed by atoms with Gasteiger partial charge in [-0.2, -0.15) is 0 Å². The number of nitrogens with one attached hydrogen (secondary N) is 2. The molecular formula is C11H12ClN3. The molecular weight excluding hydrogens is 210 g/mol. The van der Waals surface area contributed by atoms with Crippen molar-refractivity contribution in [1.29, 1.82) is 0 Å². The number of aryl methyl sites for hydroxylation is 1. The van der Waals surface area contributed by atoms with Gasteiger partial charge in [0, 0.05) is 11.9 Å². The molecule has 0 radical (unpaired) electrons. The van der Waals surface area contributed by atoms with E-state index in [9.17, 15) is 0 Å². The quantitative estimate of drug-likeness (QED) is 0.781. The predicted molar refractivity (Wildman–Crippen MR) is 62.7 cm³/mol. The van der Waals surface area contributed by atoms with Crippen molar-refractivity contribution in [3.05, 3.63) is 41.4 Å². The average Bonchev–Trinajstić information content (AvgIpc) is 2.69. The van der Waals surface area contributed by atoms with Gasteiger partial charge >= 0.3 is 0 Å². The standard InChI is InChI=1S/C11H12ClN3/c1-2-9-10(5-6-13-9)15-8-3-4-11(12)14-7-8/h3-7,13,15H,2H2,1H3. The van der Waals surface area contributed by atoms with E-state index in [1.54, 1.807) is 12.3 Å². The molecule has 78 valence electrons. The van der Waals surface area contributed by atoms with Crippen LogP contribution in [0.15, 0.2) is 30.6 Å². The zero-order chi connectivity index (χ0) is 10.7. The number of halogens is 1. The van der Waals surface area contributed by atoms with Crippen molar-refractivity contribution < 1.29 is 0 Å². The highest BCUT2D eigenvalue weighted by atomic mass is 35.5. The van der Waals surface area contributed by atoms with E-state index >= 15 is 0 Å². The van der Waals surface area contributed by atoms with E-state index in [0.717, 1.165) is 17.8 Å². The van der Waals surface area contributed by atoms with Gasteiger partial charge in [0.25, 0.3) is 0 Å². The van der Waals surface area contributed by atoms with Gasteiger partial charge in [-0.3, -0.25) is 0 Å². The molecule has 0 amide bonds. The summed E-state index contributed by atoms with van der Waals surface area (Å²) in [6, 6.07) is 5.68. The second kappa shape index (κ2) is 4.36. The maximum Gasteiger partial charge on any atom is 0.129 e. The predicted octanol–water partition coefficient (Wildman–Crippen LogP) is 3.37. The minimum atomic E-state index is 0.505. The van der Waals surface area contributed by atoms with Crippen molar-refractivity contribution in [1.82, 2.24) is 9.97 Å². The normalized spacial score (nSPS) is 10.3. The topological polar surface area (TPSA) is 40.7 Å². The summed E-state index contributed by atoms with van der Waals surface area (Å²) in [5, 5.41) is 3.78. The third-order valence-corrected chi connectivity index (χ3v) is 2.42. The van der Waals surface area contributed by atoms with Crippen molar-refractivity contribution in [2.45, 2.75) is 13.3 Å². The molecule has 3 nitrogen and oxygen atoms in total. The SMILES string of the molecule is CCc1[nH]ccc1Nc1ccc(Cl)nc1. The Hall–Kier alpha value is -1.48. The van der Waals surface area contributed by atoms with Gasteiger partial charge in [0.05, 0.1) is 17.6 Å². The van der Waals surface area contributed by atoms with Crippen LogP contribution in [-0.2, 0) is 6.42 Å². The number of pyridine rings is 1. The van der Waals surface area contributed by atoms with E-state index in [-0.39, 0.29) is 0 Å². The molecule has 0 fully saturated rings. The highest BCUT2D eigenvalue weighted by Crippen LogP contribution is 2.20. The molecule has 2 N–H and O–H groups in total. The van der Waals surface area contributed by atoms with Gasteiger partial charge in [-0.15, -0.1) is 0 Å². The fraction of sp³-hybridized carbons (Fsp3) is 0.182. The lowest BCUT2D eigenvalue weighted by atomic mass is 10.3. The van der Waals surface area contributed by atoms with E-state index in [2.05, 4.69) is 22.2 Å². The molecule has 0 atom stereocenters. The molecule has 0 bridgehead atoms. The number of aromatic amines is 1. The smallest absolute Gasteiger partial charge is 0.129 e. The fourth-order valence-electron chi connectivity index (χ4n) is 1.42. The largest absolute Gasteiger partial charge is 0.363 e. The highest BCUT2D eigenvalue weighted by molar-refractivity contribution is 6.29. The first kappa shape index (κ1) is 10.1. The van der Waals surface area contributed by atoms with Gasteiger partial charge in [0.15, 0.2) is 0 Å². The van der Waals surface area contributed by atoms with Crippen LogP contribution in [0.3, 0.4) is 0 Å². The van der Waals surface area contributed by atoms with Gasteiger partial charge in [0.1, 0.15) is 5.15 Å². The van der Waals surface area contributed by atoms with E-state index < -0.39 is 0 Å². The molecule has 0 aliphatic heterocycles. The monoisotopic (exact) mass is 221 g/mol. The molecule has 0 saturated heterocycles. The zero-order valence-corrected chi connectivity index (χ0v) is 9.17. The summed E-state index contributed by atoms with van der Waals surface area (Å²) >= 11 is 5.71. The van der Waals surface area contributed by atoms with E-state index in [4.69, 9.17) is 11.6 Å². The average molecular weight is 222 g/mol. The molecule has 2 rings (SSSR count). The van der Waals surface area contributed by atoms with Gasteiger partial charge in [-0.1, -0.05) is 18.5 Å². The number of hydrogen-bond donors (Lipinski definition) is 2. The van der Waals surface area contributed by atoms with Gasteiger partial charge in [-0.05, 0) is 24.6 Å². The Morgan fingerprint density at radius 1 is 1.40 bits per heavy atom. The van der Waals surface area contributed by atoms with Crippen LogP contribution in [0.1, 0.15) is 12.6 Å². The molecule has 0 aliphatic carbocycles. The number of hydrogen-bond acceptors (Lipinski definition) is 2. The summed E-state index contributed by atoms with van der Waals surface area (Å²) in [6.45, 7) is 2.11. The Bertz CT molecular complexity index is 433. The molecule has 0 spiro atoms. The maximum atomic E-state index is 5.71. The molecule has 2 aromatic rings. The van der Waals surface area contributed by atoms with Crippen LogP contribution in [0, 0.1) is 0 Å². The van der Waals surface area contributed by atoms with Crippen LogP contribution in [-0.4, -0.2) is 9.97 Å². The number of nitrogens with zero attached hydrogens (tertiary/aromatic N) is 1. The Labute approximate surface area is 93.5 Å².